The highest BCUT2D eigenvalue weighted by Gasteiger charge is 2.06. The lowest BCUT2D eigenvalue weighted by molar-refractivity contribution is -0.111. The fourth-order valence-corrected chi connectivity index (χ4v) is 2.53. The minimum Gasteiger partial charge on any atom is -0.379 e. The number of hydrogen-bond acceptors (Lipinski definition) is 4. The summed E-state index contributed by atoms with van der Waals surface area (Å²) in [5.41, 5.74) is 0. The largest absolute Gasteiger partial charge is 0.379 e. The van der Waals surface area contributed by atoms with Gasteiger partial charge in [0.15, 0.2) is 0 Å². The molecule has 0 aromatic rings. The van der Waals surface area contributed by atoms with Gasteiger partial charge in [-0.25, -0.2) is 0 Å². The number of rotatable bonds is 17. The van der Waals surface area contributed by atoms with Gasteiger partial charge in [-0.1, -0.05) is 26.7 Å². The van der Waals surface area contributed by atoms with E-state index in [1.807, 2.05) is 13.8 Å². The smallest absolute Gasteiger partial charge is 0.122 e. The fourth-order valence-electron chi connectivity index (χ4n) is 2.53. The first-order chi connectivity index (χ1) is 11.5. The number of carbonyl (C=O) groups excluding carboxylic acids is 2. The molecule has 4 heteroatoms. The van der Waals surface area contributed by atoms with Gasteiger partial charge in [0.2, 0.25) is 0 Å². The highest BCUT2D eigenvalue weighted by atomic mass is 16.5. The van der Waals surface area contributed by atoms with E-state index in [0.717, 1.165) is 77.2 Å². The van der Waals surface area contributed by atoms with Crippen LogP contribution in [0.2, 0.25) is 0 Å². The van der Waals surface area contributed by atoms with Crippen LogP contribution in [-0.4, -0.2) is 38.0 Å². The van der Waals surface area contributed by atoms with Crippen LogP contribution in [0, 0.1) is 11.8 Å². The maximum absolute atomic E-state index is 10.5. The lowest BCUT2D eigenvalue weighted by Gasteiger charge is -2.15. The van der Waals surface area contributed by atoms with E-state index in [0.29, 0.717) is 0 Å². The molecule has 142 valence electrons. The van der Waals surface area contributed by atoms with Crippen LogP contribution in [0.25, 0.3) is 0 Å². The second-order valence-electron chi connectivity index (χ2n) is 7.16. The molecule has 24 heavy (non-hydrogen) atoms. The normalized spacial score (nSPS) is 16.3. The van der Waals surface area contributed by atoms with Crippen LogP contribution < -0.4 is 0 Å². The molecule has 0 aliphatic heterocycles. The van der Waals surface area contributed by atoms with Crippen molar-refractivity contribution in [1.29, 1.82) is 0 Å². The van der Waals surface area contributed by atoms with E-state index < -0.39 is 0 Å². The molecule has 0 aromatic heterocycles. The quantitative estimate of drug-likeness (QED) is 0.287. The molecule has 0 bridgehead atoms. The molecular formula is C20H38O4. The van der Waals surface area contributed by atoms with Crippen molar-refractivity contribution in [3.05, 3.63) is 0 Å². The van der Waals surface area contributed by atoms with Gasteiger partial charge in [-0.3, -0.25) is 0 Å². The Morgan fingerprint density at radius 1 is 0.625 bits per heavy atom. The lowest BCUT2D eigenvalue weighted by atomic mass is 10.0. The second-order valence-corrected chi connectivity index (χ2v) is 7.16. The van der Waals surface area contributed by atoms with Gasteiger partial charge in [-0.05, 0) is 52.4 Å². The molecule has 0 amide bonds. The zero-order valence-corrected chi connectivity index (χ0v) is 16.2. The van der Waals surface area contributed by atoms with Crippen LogP contribution >= 0.6 is 0 Å². The summed E-state index contributed by atoms with van der Waals surface area (Å²) in [5, 5.41) is 0. The molecule has 0 fully saturated rings. The molecule has 0 radical (unpaired) electrons. The van der Waals surface area contributed by atoms with Gasteiger partial charge in [0, 0.05) is 25.0 Å². The molecular weight excluding hydrogens is 304 g/mol. The van der Waals surface area contributed by atoms with Crippen molar-refractivity contribution in [3.63, 3.8) is 0 Å². The van der Waals surface area contributed by atoms with Gasteiger partial charge in [0.05, 0.1) is 12.2 Å². The van der Waals surface area contributed by atoms with Crippen LogP contribution in [0.1, 0.15) is 79.1 Å². The Bertz CT molecular complexity index is 276. The molecule has 4 atom stereocenters. The molecule has 0 saturated heterocycles. The SMILES string of the molecule is CC(C=O)CCCC(C)OCCCCOC(C)CCCC(C)C=O. The molecule has 0 spiro atoms. The summed E-state index contributed by atoms with van der Waals surface area (Å²) >= 11 is 0. The van der Waals surface area contributed by atoms with Crippen LogP contribution in [0.15, 0.2) is 0 Å². The summed E-state index contributed by atoms with van der Waals surface area (Å²) in [6.45, 7) is 9.68. The highest BCUT2D eigenvalue weighted by Crippen LogP contribution is 2.11. The molecule has 0 aliphatic rings. The monoisotopic (exact) mass is 342 g/mol. The molecule has 0 N–H and O–H groups in total. The van der Waals surface area contributed by atoms with E-state index >= 15 is 0 Å². The topological polar surface area (TPSA) is 52.6 Å². The fraction of sp³-hybridized carbons (Fsp3) is 0.900. The van der Waals surface area contributed by atoms with Gasteiger partial charge in [0.25, 0.3) is 0 Å². The van der Waals surface area contributed by atoms with E-state index in [2.05, 4.69) is 13.8 Å². The number of ether oxygens (including phenoxy) is 2. The van der Waals surface area contributed by atoms with Gasteiger partial charge in [-0.15, -0.1) is 0 Å². The summed E-state index contributed by atoms with van der Waals surface area (Å²) in [7, 11) is 0. The van der Waals surface area contributed by atoms with Gasteiger partial charge >= 0.3 is 0 Å². The van der Waals surface area contributed by atoms with E-state index in [-0.39, 0.29) is 24.0 Å². The van der Waals surface area contributed by atoms with E-state index in [1.54, 1.807) is 0 Å². The predicted octanol–water partition coefficient (Wildman–Crippen LogP) is 4.59. The number of aldehydes is 2. The van der Waals surface area contributed by atoms with Gasteiger partial charge in [0.1, 0.15) is 12.6 Å². The summed E-state index contributed by atoms with van der Waals surface area (Å²) in [4.78, 5) is 21.1. The minimum absolute atomic E-state index is 0.165. The summed E-state index contributed by atoms with van der Waals surface area (Å²) < 4.78 is 11.6. The highest BCUT2D eigenvalue weighted by molar-refractivity contribution is 5.52. The van der Waals surface area contributed by atoms with Gasteiger partial charge < -0.3 is 19.1 Å². The average molecular weight is 343 g/mol. The maximum atomic E-state index is 10.5. The summed E-state index contributed by atoms with van der Waals surface area (Å²) in [6.07, 6.45) is 10.7. The molecule has 0 aliphatic carbocycles. The summed E-state index contributed by atoms with van der Waals surface area (Å²) in [5.74, 6) is 0.330. The second kappa shape index (κ2) is 15.8. The van der Waals surface area contributed by atoms with Crippen LogP contribution in [-0.2, 0) is 19.1 Å². The Labute approximate surface area is 148 Å². The first-order valence-corrected chi connectivity index (χ1v) is 9.63. The molecule has 0 saturated carbocycles. The molecule has 0 rings (SSSR count). The van der Waals surface area contributed by atoms with Gasteiger partial charge in [-0.2, -0.15) is 0 Å². The van der Waals surface area contributed by atoms with E-state index in [9.17, 15) is 9.59 Å². The Morgan fingerprint density at radius 3 is 1.33 bits per heavy atom. The van der Waals surface area contributed by atoms with Crippen molar-refractivity contribution in [3.8, 4) is 0 Å². The third-order valence-electron chi connectivity index (χ3n) is 4.35. The molecule has 0 heterocycles. The van der Waals surface area contributed by atoms with Crippen molar-refractivity contribution < 1.29 is 19.1 Å². The maximum Gasteiger partial charge on any atom is 0.122 e. The number of carbonyl (C=O) groups is 2. The van der Waals surface area contributed by atoms with Crippen molar-refractivity contribution in [1.82, 2.24) is 0 Å². The van der Waals surface area contributed by atoms with E-state index in [4.69, 9.17) is 9.47 Å². The third kappa shape index (κ3) is 14.8. The van der Waals surface area contributed by atoms with Crippen molar-refractivity contribution in [2.75, 3.05) is 13.2 Å². The van der Waals surface area contributed by atoms with Crippen molar-refractivity contribution in [2.45, 2.75) is 91.3 Å². The standard InChI is InChI=1S/C20H38O4/c1-17(15-21)9-7-11-19(3)23-13-5-6-14-24-20(4)12-8-10-18(2)16-22/h15-20H,5-14H2,1-4H3. The Balaban J connectivity index is 3.39. The average Bonchev–Trinajstić information content (AvgIpc) is 2.57. The van der Waals surface area contributed by atoms with Crippen LogP contribution in [0.4, 0.5) is 0 Å². The molecule has 4 nitrogen and oxygen atoms in total. The predicted molar refractivity (Wildman–Crippen MR) is 98.2 cm³/mol. The van der Waals surface area contributed by atoms with Crippen LogP contribution in [0.5, 0.6) is 0 Å². The third-order valence-corrected chi connectivity index (χ3v) is 4.35. The Kier molecular flexibility index (Phi) is 15.3. The first kappa shape index (κ1) is 23.3. The number of hydrogen-bond donors (Lipinski definition) is 0. The van der Waals surface area contributed by atoms with Crippen molar-refractivity contribution in [2.24, 2.45) is 11.8 Å². The Morgan fingerprint density at radius 2 is 1.00 bits per heavy atom. The summed E-state index contributed by atoms with van der Waals surface area (Å²) in [6, 6.07) is 0. The lowest BCUT2D eigenvalue weighted by Crippen LogP contribution is -2.12. The minimum atomic E-state index is 0.165. The zero-order chi connectivity index (χ0) is 18.2. The Hall–Kier alpha value is -0.740. The first-order valence-electron chi connectivity index (χ1n) is 9.63. The van der Waals surface area contributed by atoms with Crippen molar-refractivity contribution >= 4 is 12.6 Å². The molecule has 0 aromatic carbocycles. The van der Waals surface area contributed by atoms with E-state index in [1.165, 1.54) is 0 Å². The van der Waals surface area contributed by atoms with Crippen LogP contribution in [0.3, 0.4) is 0 Å². The molecule has 4 unspecified atom stereocenters. The zero-order valence-electron chi connectivity index (χ0n) is 16.2. The number of unbranched alkanes of at least 4 members (excludes halogenated alkanes) is 1.